The molecule has 0 spiro atoms. The van der Waals surface area contributed by atoms with Crippen molar-refractivity contribution in [2.75, 3.05) is 32.2 Å². The molecule has 0 aliphatic heterocycles. The molecule has 2 aromatic rings. The van der Waals surface area contributed by atoms with Crippen LogP contribution in [0.5, 0.6) is 0 Å². The predicted molar refractivity (Wildman–Crippen MR) is 112 cm³/mol. The Morgan fingerprint density at radius 1 is 1.04 bits per heavy atom. The summed E-state index contributed by atoms with van der Waals surface area (Å²) in [5.41, 5.74) is 2.68. The highest BCUT2D eigenvalue weighted by Crippen LogP contribution is 2.26. The highest BCUT2D eigenvalue weighted by molar-refractivity contribution is 7.91. The minimum atomic E-state index is -4.00. The van der Waals surface area contributed by atoms with E-state index in [1.807, 2.05) is 19.0 Å². The average molecular weight is 426 g/mol. The number of nitrogens with one attached hydrogen (secondary N) is 1. The van der Waals surface area contributed by atoms with Gasteiger partial charge in [0.1, 0.15) is 0 Å². The summed E-state index contributed by atoms with van der Waals surface area (Å²) in [6.45, 7) is 2.54. The molecule has 0 amide bonds. The van der Waals surface area contributed by atoms with Crippen LogP contribution >= 0.6 is 0 Å². The minimum absolute atomic E-state index is 0.00349. The normalized spacial score (nSPS) is 13.5. The van der Waals surface area contributed by atoms with E-state index in [1.165, 1.54) is 17.7 Å². The van der Waals surface area contributed by atoms with E-state index in [2.05, 4.69) is 36.5 Å². The zero-order valence-electron chi connectivity index (χ0n) is 16.5. The smallest absolute Gasteiger partial charge is 0.238 e. The van der Waals surface area contributed by atoms with Crippen LogP contribution in [0.2, 0.25) is 0 Å². The van der Waals surface area contributed by atoms with Gasteiger partial charge in [0.25, 0.3) is 0 Å². The van der Waals surface area contributed by atoms with Crippen molar-refractivity contribution >= 4 is 25.5 Å². The second-order valence-electron chi connectivity index (χ2n) is 6.93. The molecular formula is C19H27N3O4S2. The van der Waals surface area contributed by atoms with Gasteiger partial charge in [-0.15, -0.1) is 0 Å². The number of primary sulfonamides is 1. The van der Waals surface area contributed by atoms with Crippen molar-refractivity contribution in [3.8, 4) is 0 Å². The Bertz CT molecular complexity index is 1030. The third-order valence-electron chi connectivity index (χ3n) is 4.56. The Morgan fingerprint density at radius 2 is 1.64 bits per heavy atom. The number of sulfonamides is 1. The summed E-state index contributed by atoms with van der Waals surface area (Å²) in [7, 11) is -3.76. The summed E-state index contributed by atoms with van der Waals surface area (Å²) in [6, 6.07) is 12.1. The quantitative estimate of drug-likeness (QED) is 0.670. The first kappa shape index (κ1) is 22.4. The molecule has 2 rings (SSSR count). The van der Waals surface area contributed by atoms with E-state index in [-0.39, 0.29) is 15.8 Å². The predicted octanol–water partition coefficient (Wildman–Crippen LogP) is 2.01. The molecule has 7 nitrogen and oxygen atoms in total. The molecule has 0 aliphatic carbocycles. The van der Waals surface area contributed by atoms with Gasteiger partial charge in [0, 0.05) is 12.8 Å². The van der Waals surface area contributed by atoms with Gasteiger partial charge in [0.15, 0.2) is 9.84 Å². The second kappa shape index (κ2) is 8.60. The summed E-state index contributed by atoms with van der Waals surface area (Å²) in [5, 5.41) is 8.28. The standard InChI is InChI=1S/C19H27N3O4S2/c1-5-14-6-8-15(9-7-14)18(22(2)3)13-21-17-11-10-16(28(20,25)26)12-19(17)27(4,23)24/h6-12,18,21H,5,13H2,1-4H3,(H2,20,25,26). The summed E-state index contributed by atoms with van der Waals surface area (Å²) < 4.78 is 47.5. The van der Waals surface area contributed by atoms with Gasteiger partial charge >= 0.3 is 0 Å². The molecule has 0 radical (unpaired) electrons. The third-order valence-corrected chi connectivity index (χ3v) is 6.61. The molecule has 1 unspecified atom stereocenters. The Morgan fingerprint density at radius 3 is 2.11 bits per heavy atom. The van der Waals surface area contributed by atoms with E-state index in [1.54, 1.807) is 0 Å². The molecule has 0 aliphatic rings. The van der Waals surface area contributed by atoms with E-state index in [9.17, 15) is 16.8 Å². The summed E-state index contributed by atoms with van der Waals surface area (Å²) in [4.78, 5) is 1.70. The van der Waals surface area contributed by atoms with Gasteiger partial charge in [-0.3, -0.25) is 0 Å². The third kappa shape index (κ3) is 5.54. The summed E-state index contributed by atoms with van der Waals surface area (Å²) in [6.07, 6.45) is 1.99. The largest absolute Gasteiger partial charge is 0.382 e. The number of sulfone groups is 1. The number of anilines is 1. The lowest BCUT2D eigenvalue weighted by molar-refractivity contribution is 0.311. The average Bonchev–Trinajstić information content (AvgIpc) is 2.60. The van der Waals surface area contributed by atoms with Crippen molar-refractivity contribution in [1.82, 2.24) is 4.90 Å². The molecule has 154 valence electrons. The van der Waals surface area contributed by atoms with E-state index in [0.717, 1.165) is 24.3 Å². The lowest BCUT2D eigenvalue weighted by atomic mass is 10.0. The number of nitrogens with zero attached hydrogens (tertiary/aromatic N) is 1. The Balaban J connectivity index is 2.34. The van der Waals surface area contributed by atoms with Gasteiger partial charge < -0.3 is 10.2 Å². The van der Waals surface area contributed by atoms with Crippen LogP contribution in [0, 0.1) is 0 Å². The Hall–Kier alpha value is -1.94. The minimum Gasteiger partial charge on any atom is -0.382 e. The molecule has 28 heavy (non-hydrogen) atoms. The zero-order valence-corrected chi connectivity index (χ0v) is 18.1. The molecule has 0 fully saturated rings. The number of hydrogen-bond acceptors (Lipinski definition) is 6. The van der Waals surface area contributed by atoms with Gasteiger partial charge in [0.05, 0.1) is 21.5 Å². The number of aryl methyl sites for hydroxylation is 1. The fourth-order valence-electron chi connectivity index (χ4n) is 2.91. The van der Waals surface area contributed by atoms with Crippen LogP contribution in [-0.2, 0) is 26.3 Å². The van der Waals surface area contributed by atoms with Crippen molar-refractivity contribution < 1.29 is 16.8 Å². The van der Waals surface area contributed by atoms with E-state index >= 15 is 0 Å². The lowest BCUT2D eigenvalue weighted by Crippen LogP contribution is -2.27. The summed E-state index contributed by atoms with van der Waals surface area (Å²) >= 11 is 0. The van der Waals surface area contributed by atoms with Crippen LogP contribution in [0.4, 0.5) is 5.69 Å². The van der Waals surface area contributed by atoms with E-state index < -0.39 is 19.9 Å². The van der Waals surface area contributed by atoms with Crippen LogP contribution < -0.4 is 10.5 Å². The Labute approximate surface area is 167 Å². The van der Waals surface area contributed by atoms with Crippen LogP contribution in [-0.4, -0.2) is 48.6 Å². The van der Waals surface area contributed by atoms with Gasteiger partial charge in [-0.05, 0) is 49.8 Å². The van der Waals surface area contributed by atoms with Crippen LogP contribution in [0.15, 0.2) is 52.3 Å². The number of benzene rings is 2. The molecule has 0 saturated heterocycles. The monoisotopic (exact) mass is 425 g/mol. The molecule has 3 N–H and O–H groups in total. The maximum atomic E-state index is 12.2. The molecule has 0 heterocycles. The van der Waals surface area contributed by atoms with E-state index in [4.69, 9.17) is 5.14 Å². The fraction of sp³-hybridized carbons (Fsp3) is 0.368. The molecule has 2 aromatic carbocycles. The van der Waals surface area contributed by atoms with Crippen LogP contribution in [0.1, 0.15) is 24.1 Å². The lowest BCUT2D eigenvalue weighted by Gasteiger charge is -2.26. The SMILES string of the molecule is CCc1ccc(C(CNc2ccc(S(N)(=O)=O)cc2S(C)(=O)=O)N(C)C)cc1. The highest BCUT2D eigenvalue weighted by atomic mass is 32.2. The van der Waals surface area contributed by atoms with Gasteiger partial charge in [-0.2, -0.15) is 0 Å². The number of likely N-dealkylation sites (N-methyl/N-ethyl adjacent to an activating group) is 1. The molecular weight excluding hydrogens is 398 g/mol. The first-order chi connectivity index (χ1) is 12.9. The summed E-state index contributed by atoms with van der Waals surface area (Å²) in [5.74, 6) is 0. The first-order valence-electron chi connectivity index (χ1n) is 8.79. The Kier molecular flexibility index (Phi) is 6.87. The first-order valence-corrected chi connectivity index (χ1v) is 12.2. The number of rotatable bonds is 8. The molecule has 0 aromatic heterocycles. The van der Waals surface area contributed by atoms with Crippen molar-refractivity contribution in [3.05, 3.63) is 53.6 Å². The van der Waals surface area contributed by atoms with Crippen molar-refractivity contribution in [2.45, 2.75) is 29.2 Å². The highest BCUT2D eigenvalue weighted by Gasteiger charge is 2.20. The molecule has 0 saturated carbocycles. The fourth-order valence-corrected chi connectivity index (χ4v) is 4.41. The van der Waals surface area contributed by atoms with Gasteiger partial charge in [-0.1, -0.05) is 31.2 Å². The second-order valence-corrected chi connectivity index (χ2v) is 10.5. The number of hydrogen-bond donors (Lipinski definition) is 2. The molecule has 9 heteroatoms. The molecule has 1 atom stereocenters. The zero-order chi connectivity index (χ0) is 21.1. The van der Waals surface area contributed by atoms with Gasteiger partial charge in [-0.25, -0.2) is 22.0 Å². The van der Waals surface area contributed by atoms with Crippen molar-refractivity contribution in [3.63, 3.8) is 0 Å². The maximum absolute atomic E-state index is 12.2. The van der Waals surface area contributed by atoms with E-state index in [0.29, 0.717) is 12.2 Å². The topological polar surface area (TPSA) is 110 Å². The van der Waals surface area contributed by atoms with Crippen LogP contribution in [0.3, 0.4) is 0 Å². The van der Waals surface area contributed by atoms with Gasteiger partial charge in [0.2, 0.25) is 10.0 Å². The van der Waals surface area contributed by atoms with Crippen LogP contribution in [0.25, 0.3) is 0 Å². The van der Waals surface area contributed by atoms with Crippen molar-refractivity contribution in [2.24, 2.45) is 5.14 Å². The number of nitrogens with two attached hydrogens (primary N) is 1. The van der Waals surface area contributed by atoms with Crippen molar-refractivity contribution in [1.29, 1.82) is 0 Å². The molecule has 0 bridgehead atoms. The maximum Gasteiger partial charge on any atom is 0.238 e.